The molecule has 7 fully saturated rings. The van der Waals surface area contributed by atoms with Crippen LogP contribution in [0.3, 0.4) is 0 Å². The molecule has 13 nitrogen and oxygen atoms in total. The molecule has 7 rings (SSSR count). The van der Waals surface area contributed by atoms with Gasteiger partial charge in [-0.05, 0) is 131 Å². The van der Waals surface area contributed by atoms with E-state index in [-0.39, 0.29) is 70.3 Å². The smallest absolute Gasteiger partial charge is 0.302 e. The number of hydrogen-bond donors (Lipinski definition) is 6. The summed E-state index contributed by atoms with van der Waals surface area (Å²) in [5.41, 5.74) is -2.16. The van der Waals surface area contributed by atoms with Crippen molar-refractivity contribution in [2.45, 2.75) is 212 Å². The summed E-state index contributed by atoms with van der Waals surface area (Å²) in [6, 6.07) is 0. The molecular formula is C43H72O13. The Morgan fingerprint density at radius 1 is 0.750 bits per heavy atom. The number of rotatable bonds is 8. The Morgan fingerprint density at radius 2 is 1.39 bits per heavy atom. The molecule has 4 aliphatic carbocycles. The van der Waals surface area contributed by atoms with Crippen LogP contribution in [0.2, 0.25) is 0 Å². The first-order valence-electron chi connectivity index (χ1n) is 21.4. The molecule has 0 aromatic heterocycles. The zero-order valence-corrected chi connectivity index (χ0v) is 35.3. The van der Waals surface area contributed by atoms with Crippen LogP contribution < -0.4 is 0 Å². The third kappa shape index (κ3) is 6.73. The second-order valence-corrected chi connectivity index (χ2v) is 21.2. The maximum absolute atomic E-state index is 11.4. The summed E-state index contributed by atoms with van der Waals surface area (Å²) in [4.78, 5) is 11.4. The van der Waals surface area contributed by atoms with E-state index >= 15 is 0 Å². The average Bonchev–Trinajstić information content (AvgIpc) is 3.78. The van der Waals surface area contributed by atoms with Crippen molar-refractivity contribution in [3.05, 3.63) is 0 Å². The van der Waals surface area contributed by atoms with Crippen LogP contribution in [0, 0.1) is 45.3 Å². The Hall–Kier alpha value is -0.970. The molecule has 6 N–H and O–H groups in total. The summed E-state index contributed by atoms with van der Waals surface area (Å²) in [5.74, 6) is 0.137. The number of aliphatic hydroxyl groups excluding tert-OH is 5. The molecule has 0 spiro atoms. The molecule has 0 amide bonds. The predicted molar refractivity (Wildman–Crippen MR) is 203 cm³/mol. The van der Waals surface area contributed by atoms with Crippen molar-refractivity contribution in [3.63, 3.8) is 0 Å². The first-order chi connectivity index (χ1) is 25.9. The van der Waals surface area contributed by atoms with Gasteiger partial charge in [-0.15, -0.1) is 0 Å². The lowest BCUT2D eigenvalue weighted by molar-refractivity contribution is -0.332. The Labute approximate surface area is 333 Å². The second kappa shape index (κ2) is 14.6. The van der Waals surface area contributed by atoms with Crippen LogP contribution in [-0.2, 0) is 33.2 Å². The van der Waals surface area contributed by atoms with Crippen molar-refractivity contribution >= 4 is 5.97 Å². The molecule has 0 unspecified atom stereocenters. The van der Waals surface area contributed by atoms with Gasteiger partial charge in [-0.2, -0.15) is 0 Å². The topological polar surface area (TPSA) is 194 Å². The zero-order valence-electron chi connectivity index (χ0n) is 35.3. The van der Waals surface area contributed by atoms with Crippen LogP contribution in [0.15, 0.2) is 0 Å². The van der Waals surface area contributed by atoms with E-state index < -0.39 is 72.5 Å². The SMILES string of the molecule is CC(=O)OC[C@@H]1O[C@@H](O[C@@H]2CC[C@]3(C)[C@H]4C[C@@H](O[C@@H]5O[C@H](C)[C@@H](O)[C@H](O)[C@H]5O)[C@@H]5[C@@H]([C@]6(C)CC[C@H](C(C)(C)O)O6)CC[C@@]5(C)[C@]4(C)CC[C@H]3C2(C)C)[C@H](O)[C@H]1O. The fourth-order valence-electron chi connectivity index (χ4n) is 14.0. The minimum absolute atomic E-state index is 0.0459. The van der Waals surface area contributed by atoms with E-state index in [0.717, 1.165) is 51.4 Å². The fraction of sp³-hybridized carbons (Fsp3) is 0.977. The van der Waals surface area contributed by atoms with Crippen molar-refractivity contribution in [1.29, 1.82) is 0 Å². The van der Waals surface area contributed by atoms with Crippen LogP contribution in [-0.4, -0.2) is 128 Å². The number of fused-ring (bicyclic) bond motifs is 5. The first kappa shape index (κ1) is 43.1. The van der Waals surface area contributed by atoms with Crippen molar-refractivity contribution in [3.8, 4) is 0 Å². The lowest BCUT2D eigenvalue weighted by Gasteiger charge is -2.71. The highest BCUT2D eigenvalue weighted by molar-refractivity contribution is 5.65. The summed E-state index contributed by atoms with van der Waals surface area (Å²) < 4.78 is 37.6. The maximum atomic E-state index is 11.4. The highest BCUT2D eigenvalue weighted by Crippen LogP contribution is 2.76. The molecule has 0 radical (unpaired) electrons. The fourth-order valence-corrected chi connectivity index (χ4v) is 14.0. The normalized spacial score (nSPS) is 54.3. The van der Waals surface area contributed by atoms with Crippen LogP contribution in [0.1, 0.15) is 127 Å². The lowest BCUT2D eigenvalue weighted by Crippen LogP contribution is -2.68. The summed E-state index contributed by atoms with van der Waals surface area (Å²) in [7, 11) is 0. The maximum Gasteiger partial charge on any atom is 0.302 e. The third-order valence-corrected chi connectivity index (χ3v) is 17.4. The molecule has 0 aromatic carbocycles. The Balaban J connectivity index is 1.19. The number of hydrogen-bond acceptors (Lipinski definition) is 13. The average molecular weight is 797 g/mol. The van der Waals surface area contributed by atoms with Crippen LogP contribution >= 0.6 is 0 Å². The molecule has 0 aromatic rings. The van der Waals surface area contributed by atoms with E-state index in [2.05, 4.69) is 41.5 Å². The van der Waals surface area contributed by atoms with Crippen molar-refractivity contribution < 1.29 is 63.9 Å². The molecule has 3 aliphatic heterocycles. The molecule has 3 heterocycles. The largest absolute Gasteiger partial charge is 0.463 e. The standard InChI is InChI=1S/C43H72O13/c1-21-31(45)33(47)35(49)36(52-21)53-24-19-27-40(7)15-13-28(55-37-34(48)32(46)25(54-37)20-51-22(2)44)38(3,4)26(40)12-17-41(27,8)42(9)16-11-23(30(24)42)43(10)18-14-29(56-43)39(5,6)50/h21,23-37,45-50H,11-20H2,1-10H3/t21-,23+,24-,25+,26+,27-,28-,29-,30+,31-,32+,33+,34-,35-,36+,37+,40+,41-,42-,43+/m1/s1. The number of carbonyl (C=O) groups excluding carboxylic acids is 1. The molecule has 0 bridgehead atoms. The van der Waals surface area contributed by atoms with Gasteiger partial charge >= 0.3 is 5.97 Å². The van der Waals surface area contributed by atoms with Gasteiger partial charge in [0.1, 0.15) is 43.2 Å². The summed E-state index contributed by atoms with van der Waals surface area (Å²) >= 11 is 0. The lowest BCUT2D eigenvalue weighted by atomic mass is 9.35. The predicted octanol–water partition coefficient (Wildman–Crippen LogP) is 3.60. The summed E-state index contributed by atoms with van der Waals surface area (Å²) in [6.45, 7) is 20.5. The molecule has 322 valence electrons. The minimum Gasteiger partial charge on any atom is -0.463 e. The molecular weight excluding hydrogens is 724 g/mol. The van der Waals surface area contributed by atoms with Gasteiger partial charge in [0, 0.05) is 6.92 Å². The summed E-state index contributed by atoms with van der Waals surface area (Å²) in [6.07, 6.45) is -3.42. The van der Waals surface area contributed by atoms with Gasteiger partial charge in [0.25, 0.3) is 0 Å². The molecule has 20 atom stereocenters. The van der Waals surface area contributed by atoms with E-state index in [4.69, 9.17) is 28.4 Å². The van der Waals surface area contributed by atoms with E-state index in [0.29, 0.717) is 6.42 Å². The summed E-state index contributed by atoms with van der Waals surface area (Å²) in [5, 5.41) is 65.3. The van der Waals surface area contributed by atoms with Gasteiger partial charge < -0.3 is 59.1 Å². The van der Waals surface area contributed by atoms with Gasteiger partial charge in [-0.3, -0.25) is 4.79 Å². The Morgan fingerprint density at radius 3 is 2.04 bits per heavy atom. The monoisotopic (exact) mass is 796 g/mol. The molecule has 7 aliphatic rings. The number of ether oxygens (including phenoxy) is 6. The van der Waals surface area contributed by atoms with E-state index in [1.54, 1.807) is 6.92 Å². The Bertz CT molecular complexity index is 1450. The van der Waals surface area contributed by atoms with E-state index in [1.165, 1.54) is 6.92 Å². The van der Waals surface area contributed by atoms with E-state index in [1.807, 2.05) is 13.8 Å². The van der Waals surface area contributed by atoms with Gasteiger partial charge in [0.15, 0.2) is 12.6 Å². The number of aliphatic hydroxyl groups is 6. The molecule has 3 saturated heterocycles. The molecule has 56 heavy (non-hydrogen) atoms. The highest BCUT2D eigenvalue weighted by atomic mass is 16.7. The van der Waals surface area contributed by atoms with Crippen LogP contribution in [0.4, 0.5) is 0 Å². The minimum atomic E-state index is -1.42. The van der Waals surface area contributed by atoms with Gasteiger partial charge in [-0.25, -0.2) is 0 Å². The van der Waals surface area contributed by atoms with Crippen molar-refractivity contribution in [2.75, 3.05) is 6.61 Å². The van der Waals surface area contributed by atoms with Crippen molar-refractivity contribution in [2.24, 2.45) is 45.3 Å². The second-order valence-electron chi connectivity index (χ2n) is 21.2. The Kier molecular flexibility index (Phi) is 11.2. The molecule has 13 heteroatoms. The van der Waals surface area contributed by atoms with Crippen molar-refractivity contribution in [1.82, 2.24) is 0 Å². The quantitative estimate of drug-likeness (QED) is 0.154. The highest BCUT2D eigenvalue weighted by Gasteiger charge is 2.73. The van der Waals surface area contributed by atoms with Gasteiger partial charge in [0.2, 0.25) is 0 Å². The van der Waals surface area contributed by atoms with Crippen LogP contribution in [0.25, 0.3) is 0 Å². The first-order valence-corrected chi connectivity index (χ1v) is 21.4. The van der Waals surface area contributed by atoms with Gasteiger partial charge in [-0.1, -0.05) is 34.6 Å². The number of carbonyl (C=O) groups is 1. The molecule has 4 saturated carbocycles. The zero-order chi connectivity index (χ0) is 41.1. The number of esters is 1. The van der Waals surface area contributed by atoms with Crippen LogP contribution in [0.5, 0.6) is 0 Å². The van der Waals surface area contributed by atoms with Gasteiger partial charge in [0.05, 0.1) is 35.6 Å². The van der Waals surface area contributed by atoms with E-state index in [9.17, 15) is 35.4 Å². The third-order valence-electron chi connectivity index (χ3n) is 17.4.